The van der Waals surface area contributed by atoms with Gasteiger partial charge in [-0.3, -0.25) is 4.79 Å². The molecule has 2 aromatic rings. The lowest BCUT2D eigenvalue weighted by atomic mass is 10.0. The van der Waals surface area contributed by atoms with Crippen molar-refractivity contribution in [1.82, 2.24) is 9.97 Å². The SMILES string of the molecule is Cc1nc(N2CCC(F)(F)CC2)nc(NC(=O)c2ccc(I)cc2N2CCC(=C(F)F)CC2)c1F. The molecule has 0 bridgehead atoms. The monoisotopic (exact) mass is 607 g/mol. The molecule has 0 radical (unpaired) electrons. The Kier molecular flexibility index (Phi) is 7.48. The van der Waals surface area contributed by atoms with Crippen LogP contribution in [-0.4, -0.2) is 48.0 Å². The summed E-state index contributed by atoms with van der Waals surface area (Å²) in [6.07, 6.45) is -2.01. The molecule has 2 fully saturated rings. The standard InChI is InChI=1S/C23H23F5IN5O/c1-13-18(24)20(32-22(30-13)34-10-6-23(27,28)7-11-34)31-21(35)16-3-2-15(29)12-17(16)33-8-4-14(5-9-33)19(25)26/h2-3,12H,4-11H2,1H3,(H,30,31,32,35). The van der Waals surface area contributed by atoms with Crippen molar-refractivity contribution in [3.63, 3.8) is 0 Å². The van der Waals surface area contributed by atoms with Gasteiger partial charge in [-0.1, -0.05) is 0 Å². The summed E-state index contributed by atoms with van der Waals surface area (Å²) in [6, 6.07) is 5.08. The Labute approximate surface area is 212 Å². The number of nitrogens with one attached hydrogen (secondary N) is 1. The van der Waals surface area contributed by atoms with E-state index in [4.69, 9.17) is 0 Å². The lowest BCUT2D eigenvalue weighted by Crippen LogP contribution is -2.40. The lowest BCUT2D eigenvalue weighted by molar-refractivity contribution is -0.0222. The number of piperidine rings is 2. The minimum atomic E-state index is -2.76. The fourth-order valence-corrected chi connectivity index (χ4v) is 4.62. The first-order valence-electron chi connectivity index (χ1n) is 11.1. The van der Waals surface area contributed by atoms with Crippen LogP contribution in [0.2, 0.25) is 0 Å². The predicted molar refractivity (Wildman–Crippen MR) is 131 cm³/mol. The van der Waals surface area contributed by atoms with Crippen LogP contribution in [0.5, 0.6) is 0 Å². The van der Waals surface area contributed by atoms with E-state index in [0.717, 1.165) is 3.57 Å². The van der Waals surface area contributed by atoms with E-state index < -0.39 is 23.7 Å². The van der Waals surface area contributed by atoms with Gasteiger partial charge in [-0.15, -0.1) is 0 Å². The minimum Gasteiger partial charge on any atom is -0.370 e. The van der Waals surface area contributed by atoms with Crippen molar-refractivity contribution in [1.29, 1.82) is 0 Å². The first-order valence-corrected chi connectivity index (χ1v) is 12.2. The smallest absolute Gasteiger partial charge is 0.269 e. The van der Waals surface area contributed by atoms with Crippen LogP contribution >= 0.6 is 22.6 Å². The maximum absolute atomic E-state index is 14.8. The fraction of sp³-hybridized carbons (Fsp3) is 0.435. The van der Waals surface area contributed by atoms with Gasteiger partial charge in [0.2, 0.25) is 5.95 Å². The van der Waals surface area contributed by atoms with Crippen LogP contribution in [0, 0.1) is 16.3 Å². The number of hydrogen-bond donors (Lipinski definition) is 1. The van der Waals surface area contributed by atoms with Gasteiger partial charge in [-0.05, 0) is 66.1 Å². The van der Waals surface area contributed by atoms with Gasteiger partial charge in [-0.25, -0.2) is 18.2 Å². The van der Waals surface area contributed by atoms with Crippen molar-refractivity contribution >= 4 is 46.0 Å². The summed E-state index contributed by atoms with van der Waals surface area (Å²) in [5, 5.41) is 2.49. The van der Waals surface area contributed by atoms with Crippen molar-refractivity contribution in [2.24, 2.45) is 0 Å². The van der Waals surface area contributed by atoms with Gasteiger partial charge in [0.05, 0.1) is 16.9 Å². The molecule has 1 N–H and O–H groups in total. The number of nitrogens with zero attached hydrogens (tertiary/aromatic N) is 4. The van der Waals surface area contributed by atoms with Gasteiger partial charge < -0.3 is 15.1 Å². The predicted octanol–water partition coefficient (Wildman–Crippen LogP) is 5.77. The van der Waals surface area contributed by atoms with Crippen molar-refractivity contribution in [2.45, 2.75) is 38.5 Å². The topological polar surface area (TPSA) is 61.4 Å². The summed E-state index contributed by atoms with van der Waals surface area (Å²) >= 11 is 2.09. The van der Waals surface area contributed by atoms with E-state index in [1.54, 1.807) is 23.1 Å². The minimum absolute atomic E-state index is 0.0115. The van der Waals surface area contributed by atoms with Crippen LogP contribution < -0.4 is 15.1 Å². The number of alkyl halides is 2. The summed E-state index contributed by atoms with van der Waals surface area (Å²) in [6.45, 7) is 2.07. The van der Waals surface area contributed by atoms with Gasteiger partial charge in [-0.2, -0.15) is 13.8 Å². The van der Waals surface area contributed by atoms with E-state index >= 15 is 0 Å². The molecular weight excluding hydrogens is 584 g/mol. The Morgan fingerprint density at radius 1 is 1.06 bits per heavy atom. The highest BCUT2D eigenvalue weighted by Crippen LogP contribution is 2.32. The molecule has 3 heterocycles. The second-order valence-corrected chi connectivity index (χ2v) is 9.83. The van der Waals surface area contributed by atoms with Crippen molar-refractivity contribution in [3.05, 3.63) is 50.5 Å². The molecule has 0 spiro atoms. The number of halogens is 6. The van der Waals surface area contributed by atoms with E-state index in [-0.39, 0.29) is 67.4 Å². The van der Waals surface area contributed by atoms with E-state index in [9.17, 15) is 26.7 Å². The molecule has 0 atom stereocenters. The number of rotatable bonds is 4. The van der Waals surface area contributed by atoms with Crippen LogP contribution in [0.25, 0.3) is 0 Å². The Bertz CT molecular complexity index is 1150. The van der Waals surface area contributed by atoms with Crippen LogP contribution in [0.3, 0.4) is 0 Å². The molecule has 2 aliphatic rings. The third-order valence-corrected chi connectivity index (χ3v) is 6.87. The largest absolute Gasteiger partial charge is 0.370 e. The molecule has 1 amide bonds. The molecule has 1 aromatic carbocycles. The van der Waals surface area contributed by atoms with Crippen LogP contribution in [0.4, 0.5) is 39.4 Å². The molecule has 2 saturated heterocycles. The number of carbonyl (C=O) groups excluding carboxylic acids is 1. The number of hydrogen-bond acceptors (Lipinski definition) is 5. The molecule has 188 valence electrons. The van der Waals surface area contributed by atoms with Crippen molar-refractivity contribution < 1.29 is 26.7 Å². The van der Waals surface area contributed by atoms with Gasteiger partial charge in [0.15, 0.2) is 11.6 Å². The van der Waals surface area contributed by atoms with Gasteiger partial charge >= 0.3 is 0 Å². The number of carbonyl (C=O) groups is 1. The van der Waals surface area contributed by atoms with Crippen molar-refractivity contribution in [2.75, 3.05) is 41.3 Å². The number of amides is 1. The number of anilines is 3. The average Bonchev–Trinajstić information content (AvgIpc) is 2.81. The summed E-state index contributed by atoms with van der Waals surface area (Å²) in [5.74, 6) is -4.47. The zero-order chi connectivity index (χ0) is 25.3. The summed E-state index contributed by atoms with van der Waals surface area (Å²) in [4.78, 5) is 24.8. The maximum Gasteiger partial charge on any atom is 0.269 e. The number of aromatic nitrogens is 2. The Morgan fingerprint density at radius 3 is 2.34 bits per heavy atom. The summed E-state index contributed by atoms with van der Waals surface area (Å²) in [5.41, 5.74) is 0.888. The van der Waals surface area contributed by atoms with Crippen LogP contribution in [0.15, 0.2) is 29.9 Å². The second-order valence-electron chi connectivity index (χ2n) is 8.58. The van der Waals surface area contributed by atoms with E-state index in [1.807, 2.05) is 4.90 Å². The third kappa shape index (κ3) is 5.84. The molecule has 1 aromatic heterocycles. The van der Waals surface area contributed by atoms with E-state index in [1.165, 1.54) is 6.92 Å². The molecule has 0 saturated carbocycles. The molecular formula is C23H23F5IN5O. The highest BCUT2D eigenvalue weighted by molar-refractivity contribution is 14.1. The summed E-state index contributed by atoms with van der Waals surface area (Å²) in [7, 11) is 0. The molecule has 6 nitrogen and oxygen atoms in total. The first kappa shape index (κ1) is 25.6. The van der Waals surface area contributed by atoms with Crippen LogP contribution in [-0.2, 0) is 0 Å². The molecule has 2 aliphatic heterocycles. The second kappa shape index (κ2) is 10.2. The van der Waals surface area contributed by atoms with Crippen molar-refractivity contribution in [3.8, 4) is 0 Å². The quantitative estimate of drug-likeness (QED) is 0.354. The first-order chi connectivity index (χ1) is 16.5. The fourth-order valence-electron chi connectivity index (χ4n) is 4.14. The average molecular weight is 607 g/mol. The van der Waals surface area contributed by atoms with Gasteiger partial charge in [0, 0.05) is 42.6 Å². The highest BCUT2D eigenvalue weighted by atomic mass is 127. The normalized spacial score (nSPS) is 18.0. The number of benzene rings is 1. The Hall–Kier alpha value is -2.51. The van der Waals surface area contributed by atoms with Gasteiger partial charge in [0.25, 0.3) is 17.9 Å². The molecule has 0 unspecified atom stereocenters. The zero-order valence-electron chi connectivity index (χ0n) is 18.9. The molecule has 35 heavy (non-hydrogen) atoms. The van der Waals surface area contributed by atoms with Crippen LogP contribution in [0.1, 0.15) is 41.7 Å². The lowest BCUT2D eigenvalue weighted by Gasteiger charge is -2.32. The zero-order valence-corrected chi connectivity index (χ0v) is 21.0. The third-order valence-electron chi connectivity index (χ3n) is 6.19. The molecule has 0 aliphatic carbocycles. The highest BCUT2D eigenvalue weighted by Gasteiger charge is 2.35. The Balaban J connectivity index is 1.58. The summed E-state index contributed by atoms with van der Waals surface area (Å²) < 4.78 is 68.6. The molecule has 4 rings (SSSR count). The van der Waals surface area contributed by atoms with Gasteiger partial charge in [0.1, 0.15) is 0 Å². The number of aryl methyl sites for hydroxylation is 1. The molecule has 12 heteroatoms. The van der Waals surface area contributed by atoms with E-state index in [2.05, 4.69) is 37.9 Å². The maximum atomic E-state index is 14.8. The Morgan fingerprint density at radius 2 is 1.71 bits per heavy atom. The van der Waals surface area contributed by atoms with E-state index in [0.29, 0.717) is 18.8 Å².